The number of aromatic hydroxyl groups is 2. The van der Waals surface area contributed by atoms with Crippen molar-refractivity contribution in [2.75, 3.05) is 22.9 Å². The smallest absolute Gasteiger partial charge is 0.121 e. The first-order valence-corrected chi connectivity index (χ1v) is 18.3. The van der Waals surface area contributed by atoms with Gasteiger partial charge in [0, 0.05) is 70.7 Å². The average molecular weight is 689 g/mol. The Morgan fingerprint density at radius 2 is 1.04 bits per heavy atom. The molecule has 262 valence electrons. The topological polar surface area (TPSA) is 87.4 Å². The third kappa shape index (κ3) is 5.69. The molecule has 1 fully saturated rings. The molecule has 0 saturated heterocycles. The fraction of sp³-hybridized carbons (Fsp3) is 0.217. The van der Waals surface area contributed by atoms with Crippen LogP contribution in [0.2, 0.25) is 0 Å². The molecule has 1 aliphatic carbocycles. The van der Waals surface area contributed by atoms with E-state index < -0.39 is 24.0 Å². The number of aliphatic hydroxyl groups is 2. The van der Waals surface area contributed by atoms with Crippen molar-refractivity contribution in [3.63, 3.8) is 0 Å². The average Bonchev–Trinajstić information content (AvgIpc) is 3.35. The zero-order chi connectivity index (χ0) is 35.9. The Hall–Kier alpha value is -5.56. The summed E-state index contributed by atoms with van der Waals surface area (Å²) in [6.45, 7) is 5.73. The van der Waals surface area contributed by atoms with Crippen LogP contribution in [0.4, 0.5) is 22.7 Å². The van der Waals surface area contributed by atoms with Crippen LogP contribution in [0.5, 0.6) is 11.5 Å². The molecule has 0 spiro atoms. The van der Waals surface area contributed by atoms with Crippen molar-refractivity contribution in [3.8, 4) is 33.8 Å². The number of aliphatic hydroxyl groups excluding tert-OH is 2. The van der Waals surface area contributed by atoms with Gasteiger partial charge in [0.25, 0.3) is 0 Å². The number of nitrogens with zero attached hydrogens (tertiary/aromatic N) is 2. The van der Waals surface area contributed by atoms with Gasteiger partial charge in [-0.15, -0.1) is 0 Å². The fourth-order valence-corrected chi connectivity index (χ4v) is 8.45. The second-order valence-corrected chi connectivity index (χ2v) is 13.9. The van der Waals surface area contributed by atoms with Crippen LogP contribution in [0, 0.1) is 0 Å². The number of rotatable bonds is 8. The summed E-state index contributed by atoms with van der Waals surface area (Å²) >= 11 is 0. The van der Waals surface area contributed by atoms with Gasteiger partial charge in [-0.2, -0.15) is 0 Å². The summed E-state index contributed by atoms with van der Waals surface area (Å²) in [5.74, 6) is -1.35. The van der Waals surface area contributed by atoms with E-state index in [-0.39, 0.29) is 11.5 Å². The predicted octanol–water partition coefficient (Wildman–Crippen LogP) is 9.45. The van der Waals surface area contributed by atoms with Gasteiger partial charge in [0.1, 0.15) is 11.5 Å². The van der Waals surface area contributed by atoms with E-state index in [2.05, 4.69) is 109 Å². The maximum atomic E-state index is 11.8. The summed E-state index contributed by atoms with van der Waals surface area (Å²) in [5, 5.41) is 45.8. The molecule has 0 aromatic heterocycles. The Balaban J connectivity index is 1.22. The summed E-state index contributed by atoms with van der Waals surface area (Å²) < 4.78 is 0. The first-order valence-electron chi connectivity index (χ1n) is 18.3. The molecule has 2 atom stereocenters. The number of phenolic OH excluding ortho intramolecular Hbond substituents is 2. The Morgan fingerprint density at radius 3 is 1.50 bits per heavy atom. The number of phenols is 2. The van der Waals surface area contributed by atoms with Crippen LogP contribution in [0.25, 0.3) is 22.3 Å². The molecule has 0 bridgehead atoms. The van der Waals surface area contributed by atoms with Crippen molar-refractivity contribution in [2.45, 2.75) is 50.7 Å². The highest BCUT2D eigenvalue weighted by molar-refractivity contribution is 5.97. The lowest BCUT2D eigenvalue weighted by Gasteiger charge is -2.47. The number of para-hydroxylation sites is 2. The third-order valence-corrected chi connectivity index (χ3v) is 11.1. The van der Waals surface area contributed by atoms with Crippen molar-refractivity contribution in [1.29, 1.82) is 0 Å². The van der Waals surface area contributed by atoms with Gasteiger partial charge in [0.15, 0.2) is 0 Å². The van der Waals surface area contributed by atoms with Gasteiger partial charge in [0.2, 0.25) is 0 Å². The van der Waals surface area contributed by atoms with Crippen molar-refractivity contribution >= 4 is 22.7 Å². The molecule has 8 rings (SSSR count). The number of fused-ring (bicyclic) bond motifs is 2. The molecule has 2 unspecified atom stereocenters. The van der Waals surface area contributed by atoms with Crippen molar-refractivity contribution < 1.29 is 20.4 Å². The second-order valence-electron chi connectivity index (χ2n) is 13.9. The molecule has 1 aliphatic heterocycles. The first-order chi connectivity index (χ1) is 25.4. The minimum Gasteiger partial charge on any atom is -0.508 e. The molecule has 52 heavy (non-hydrogen) atoms. The minimum atomic E-state index is -0.994. The Bertz CT molecular complexity index is 2120. The molecule has 6 aromatic carbocycles. The third-order valence-electron chi connectivity index (χ3n) is 11.1. The van der Waals surface area contributed by atoms with Crippen LogP contribution in [0.15, 0.2) is 133 Å². The van der Waals surface area contributed by atoms with Gasteiger partial charge >= 0.3 is 0 Å². The molecular formula is C46H44N2O4. The van der Waals surface area contributed by atoms with Crippen molar-refractivity contribution in [1.82, 2.24) is 0 Å². The summed E-state index contributed by atoms with van der Waals surface area (Å²) in [5.41, 5.74) is 11.6. The van der Waals surface area contributed by atoms with Crippen LogP contribution in [-0.4, -0.2) is 45.7 Å². The largest absolute Gasteiger partial charge is 0.508 e. The highest BCUT2D eigenvalue weighted by atomic mass is 16.3. The van der Waals surface area contributed by atoms with E-state index in [1.807, 2.05) is 30.3 Å². The molecule has 2 aliphatic rings. The lowest BCUT2D eigenvalue weighted by molar-refractivity contribution is -0.0797. The summed E-state index contributed by atoms with van der Waals surface area (Å²) in [6.07, 6.45) is -0.282. The zero-order valence-corrected chi connectivity index (χ0v) is 29.5. The van der Waals surface area contributed by atoms with Crippen LogP contribution < -0.4 is 9.80 Å². The number of hydrogen-bond acceptors (Lipinski definition) is 6. The molecule has 6 nitrogen and oxygen atoms in total. The van der Waals surface area contributed by atoms with E-state index in [1.165, 1.54) is 11.1 Å². The Morgan fingerprint density at radius 1 is 0.558 bits per heavy atom. The van der Waals surface area contributed by atoms with E-state index in [0.29, 0.717) is 11.1 Å². The molecule has 0 radical (unpaired) electrons. The maximum absolute atomic E-state index is 11.8. The van der Waals surface area contributed by atoms with Gasteiger partial charge in [-0.25, -0.2) is 0 Å². The van der Waals surface area contributed by atoms with Crippen molar-refractivity contribution in [2.24, 2.45) is 0 Å². The number of aryl methyl sites for hydroxylation is 2. The molecule has 6 aromatic rings. The van der Waals surface area contributed by atoms with E-state index in [1.54, 1.807) is 18.2 Å². The summed E-state index contributed by atoms with van der Waals surface area (Å²) in [4.78, 5) is 4.42. The lowest BCUT2D eigenvalue weighted by atomic mass is 9.63. The standard InChI is InChI=1S/C46H44N2O4/c1-3-47(4-2)33-23-25-37(39(49)27-33)41-45(51)42(46(41)52)38-26-24-34(28-40(38)50)48-43-31(17-11-19-35(43)29-13-7-5-8-14-29)21-22-32-18-12-20-36(44(32)48)30-15-9-6-10-16-30/h5-20,23-28,41-42,45-46,49-52H,3-4,21-22H2,1-2H3. The maximum Gasteiger partial charge on any atom is 0.121 e. The van der Waals surface area contributed by atoms with Gasteiger partial charge in [-0.3, -0.25) is 0 Å². The minimum absolute atomic E-state index is 0.00175. The zero-order valence-electron chi connectivity index (χ0n) is 29.5. The highest BCUT2D eigenvalue weighted by Crippen LogP contribution is 2.54. The van der Waals surface area contributed by atoms with Crippen LogP contribution in [0.1, 0.15) is 47.9 Å². The highest BCUT2D eigenvalue weighted by Gasteiger charge is 2.52. The second kappa shape index (κ2) is 13.9. The van der Waals surface area contributed by atoms with Crippen LogP contribution in [-0.2, 0) is 12.8 Å². The lowest BCUT2D eigenvalue weighted by Crippen LogP contribution is -2.51. The molecule has 4 N–H and O–H groups in total. The normalized spacial score (nSPS) is 19.3. The molecule has 1 saturated carbocycles. The van der Waals surface area contributed by atoms with E-state index in [4.69, 9.17) is 0 Å². The SMILES string of the molecule is CCN(CC)c1ccc(C2C(O)C(c3ccc(N4c5c(cccc5-c5ccccc5)CCc5cccc(-c6ccccc6)c54)cc3O)C2O)c(O)c1. The van der Waals surface area contributed by atoms with Gasteiger partial charge in [0.05, 0.1) is 23.6 Å². The van der Waals surface area contributed by atoms with E-state index >= 15 is 0 Å². The number of hydrogen-bond donors (Lipinski definition) is 4. The van der Waals surface area contributed by atoms with E-state index in [9.17, 15) is 20.4 Å². The van der Waals surface area contributed by atoms with Gasteiger partial charge in [-0.1, -0.05) is 109 Å². The monoisotopic (exact) mass is 688 g/mol. The Kier molecular flexibility index (Phi) is 8.96. The Labute approximate surface area is 305 Å². The predicted molar refractivity (Wildman–Crippen MR) is 210 cm³/mol. The van der Waals surface area contributed by atoms with Crippen molar-refractivity contribution in [3.05, 3.63) is 156 Å². The van der Waals surface area contributed by atoms with E-state index in [0.717, 1.165) is 70.9 Å². The van der Waals surface area contributed by atoms with Gasteiger partial charge < -0.3 is 30.2 Å². The summed E-state index contributed by atoms with van der Waals surface area (Å²) in [7, 11) is 0. The quantitative estimate of drug-likeness (QED) is 0.128. The molecule has 1 heterocycles. The molecule has 0 amide bonds. The van der Waals surface area contributed by atoms with Crippen LogP contribution in [0.3, 0.4) is 0 Å². The first kappa shape index (κ1) is 33.6. The summed E-state index contributed by atoms with van der Waals surface area (Å²) in [6, 6.07) is 44.8. The number of anilines is 4. The number of benzene rings is 6. The molecular weight excluding hydrogens is 645 g/mol. The fourth-order valence-electron chi connectivity index (χ4n) is 8.45. The molecule has 6 heteroatoms. The van der Waals surface area contributed by atoms with Gasteiger partial charge in [-0.05, 0) is 61.1 Å². The van der Waals surface area contributed by atoms with Crippen LogP contribution >= 0.6 is 0 Å².